The summed E-state index contributed by atoms with van der Waals surface area (Å²) in [5.74, 6) is 1.22. The van der Waals surface area contributed by atoms with Gasteiger partial charge in [-0.2, -0.15) is 0 Å². The molecule has 3 fully saturated rings. The standard InChI is InChI=1S/C21H28N2O3/c1-14-6-3-4-9-17(14)20-18-12-22(13-19(24)26-2)10-16(18)11-23(20)21(25)15-7-5-8-15/h3-4,6,9,15-16,18,20H,5,7-8,10-13H2,1-2H3/t16-,18-,20+/m0/s1. The number of aryl methyl sites for hydroxylation is 1. The van der Waals surface area contributed by atoms with Gasteiger partial charge < -0.3 is 9.64 Å². The summed E-state index contributed by atoms with van der Waals surface area (Å²) in [5, 5.41) is 0. The SMILES string of the molecule is COC(=O)CN1C[C@H]2CN(C(=O)C3CCC3)[C@H](c3ccccc3C)[C@H]2C1. The molecule has 0 spiro atoms. The van der Waals surface area contributed by atoms with Crippen LogP contribution in [0, 0.1) is 24.7 Å². The first-order valence-corrected chi connectivity index (χ1v) is 9.73. The van der Waals surface area contributed by atoms with Gasteiger partial charge in [-0.3, -0.25) is 14.5 Å². The molecular formula is C21H28N2O3. The normalized spacial score (nSPS) is 28.7. The summed E-state index contributed by atoms with van der Waals surface area (Å²) in [6.07, 6.45) is 3.26. The molecule has 2 aliphatic heterocycles. The van der Waals surface area contributed by atoms with E-state index < -0.39 is 0 Å². The van der Waals surface area contributed by atoms with E-state index in [2.05, 4.69) is 41.0 Å². The third kappa shape index (κ3) is 3.02. The Balaban J connectivity index is 1.59. The second kappa shape index (κ2) is 7.03. The number of carbonyl (C=O) groups is 2. The number of rotatable bonds is 4. The van der Waals surface area contributed by atoms with Crippen LogP contribution in [0.4, 0.5) is 0 Å². The topological polar surface area (TPSA) is 49.9 Å². The van der Waals surface area contributed by atoms with Crippen LogP contribution < -0.4 is 0 Å². The Labute approximate surface area is 155 Å². The lowest BCUT2D eigenvalue weighted by Crippen LogP contribution is -2.41. The number of ether oxygens (including phenoxy) is 1. The van der Waals surface area contributed by atoms with Crippen molar-refractivity contribution in [2.45, 2.75) is 32.2 Å². The summed E-state index contributed by atoms with van der Waals surface area (Å²) >= 11 is 0. The molecule has 26 heavy (non-hydrogen) atoms. The molecule has 1 aromatic rings. The quantitative estimate of drug-likeness (QED) is 0.778. The minimum Gasteiger partial charge on any atom is -0.468 e. The van der Waals surface area contributed by atoms with Crippen LogP contribution in [0.25, 0.3) is 0 Å². The predicted molar refractivity (Wildman–Crippen MR) is 98.4 cm³/mol. The molecule has 3 aliphatic rings. The van der Waals surface area contributed by atoms with Crippen molar-refractivity contribution >= 4 is 11.9 Å². The zero-order chi connectivity index (χ0) is 18.3. The van der Waals surface area contributed by atoms with Crippen LogP contribution in [0.1, 0.15) is 36.4 Å². The average molecular weight is 356 g/mol. The van der Waals surface area contributed by atoms with E-state index in [4.69, 9.17) is 4.74 Å². The van der Waals surface area contributed by atoms with E-state index in [1.165, 1.54) is 24.7 Å². The second-order valence-corrected chi connectivity index (χ2v) is 8.11. The number of amides is 1. The van der Waals surface area contributed by atoms with Crippen LogP contribution in [0.2, 0.25) is 0 Å². The molecule has 0 aromatic heterocycles. The van der Waals surface area contributed by atoms with Gasteiger partial charge in [0.2, 0.25) is 5.91 Å². The maximum Gasteiger partial charge on any atom is 0.319 e. The third-order valence-electron chi connectivity index (χ3n) is 6.56. The van der Waals surface area contributed by atoms with Gasteiger partial charge >= 0.3 is 5.97 Å². The van der Waals surface area contributed by atoms with Crippen LogP contribution in [-0.2, 0) is 14.3 Å². The lowest BCUT2D eigenvalue weighted by molar-refractivity contribution is -0.143. The van der Waals surface area contributed by atoms with Gasteiger partial charge in [0.1, 0.15) is 0 Å². The first-order chi connectivity index (χ1) is 12.6. The highest BCUT2D eigenvalue weighted by Crippen LogP contribution is 2.47. The smallest absolute Gasteiger partial charge is 0.319 e. The molecule has 0 radical (unpaired) electrons. The molecular weight excluding hydrogens is 328 g/mol. The monoisotopic (exact) mass is 356 g/mol. The van der Waals surface area contributed by atoms with Crippen LogP contribution >= 0.6 is 0 Å². The summed E-state index contributed by atoms with van der Waals surface area (Å²) in [4.78, 5) is 29.1. The van der Waals surface area contributed by atoms with Crippen molar-refractivity contribution in [3.8, 4) is 0 Å². The van der Waals surface area contributed by atoms with E-state index >= 15 is 0 Å². The molecule has 140 valence electrons. The molecule has 1 aliphatic carbocycles. The molecule has 1 amide bonds. The number of likely N-dealkylation sites (tertiary alicyclic amines) is 2. The van der Waals surface area contributed by atoms with Gasteiger partial charge in [0.25, 0.3) is 0 Å². The maximum atomic E-state index is 13.1. The van der Waals surface area contributed by atoms with Gasteiger partial charge in [0.05, 0.1) is 19.7 Å². The van der Waals surface area contributed by atoms with Crippen molar-refractivity contribution in [2.75, 3.05) is 33.3 Å². The largest absolute Gasteiger partial charge is 0.468 e. The summed E-state index contributed by atoms with van der Waals surface area (Å²) in [5.41, 5.74) is 2.52. The van der Waals surface area contributed by atoms with E-state index in [-0.39, 0.29) is 17.9 Å². The highest BCUT2D eigenvalue weighted by Gasteiger charge is 2.50. The Bertz CT molecular complexity index is 700. The summed E-state index contributed by atoms with van der Waals surface area (Å²) in [6, 6.07) is 8.57. The van der Waals surface area contributed by atoms with Crippen molar-refractivity contribution < 1.29 is 14.3 Å². The van der Waals surface area contributed by atoms with Gasteiger partial charge in [0, 0.05) is 31.5 Å². The van der Waals surface area contributed by atoms with Crippen molar-refractivity contribution in [1.82, 2.24) is 9.80 Å². The molecule has 5 heteroatoms. The fourth-order valence-electron chi connectivity index (χ4n) is 4.95. The maximum absolute atomic E-state index is 13.1. The van der Waals surface area contributed by atoms with Crippen LogP contribution in [0.3, 0.4) is 0 Å². The number of methoxy groups -OCH3 is 1. The van der Waals surface area contributed by atoms with Crippen molar-refractivity contribution in [1.29, 1.82) is 0 Å². The highest BCUT2D eigenvalue weighted by molar-refractivity contribution is 5.80. The fourth-order valence-corrected chi connectivity index (χ4v) is 4.95. The molecule has 0 N–H and O–H groups in total. The Kier molecular flexibility index (Phi) is 4.74. The lowest BCUT2D eigenvalue weighted by atomic mass is 9.83. The number of carbonyl (C=O) groups excluding carboxylic acids is 2. The Morgan fingerprint density at radius 1 is 1.15 bits per heavy atom. The minimum atomic E-state index is -0.181. The van der Waals surface area contributed by atoms with Gasteiger partial charge in [0.15, 0.2) is 0 Å². The molecule has 5 nitrogen and oxygen atoms in total. The van der Waals surface area contributed by atoms with Crippen molar-refractivity contribution in [2.24, 2.45) is 17.8 Å². The molecule has 3 atom stereocenters. The lowest BCUT2D eigenvalue weighted by Gasteiger charge is -2.35. The molecule has 0 unspecified atom stereocenters. The number of hydrogen-bond acceptors (Lipinski definition) is 4. The van der Waals surface area contributed by atoms with Crippen LogP contribution in [-0.4, -0.2) is 55.0 Å². The molecule has 2 saturated heterocycles. The Morgan fingerprint density at radius 2 is 1.92 bits per heavy atom. The molecule has 0 bridgehead atoms. The summed E-state index contributed by atoms with van der Waals surface area (Å²) < 4.78 is 4.83. The molecule has 1 saturated carbocycles. The molecule has 2 heterocycles. The summed E-state index contributed by atoms with van der Waals surface area (Å²) in [7, 11) is 1.44. The van der Waals surface area contributed by atoms with Gasteiger partial charge in [-0.25, -0.2) is 0 Å². The van der Waals surface area contributed by atoms with Crippen molar-refractivity contribution in [3.63, 3.8) is 0 Å². The fraction of sp³-hybridized carbons (Fsp3) is 0.619. The average Bonchev–Trinajstić information content (AvgIpc) is 3.11. The predicted octanol–water partition coefficient (Wildman–Crippen LogP) is 2.40. The minimum absolute atomic E-state index is 0.136. The van der Waals surface area contributed by atoms with Gasteiger partial charge in [-0.1, -0.05) is 30.7 Å². The first-order valence-electron chi connectivity index (χ1n) is 9.73. The number of benzene rings is 1. The zero-order valence-electron chi connectivity index (χ0n) is 15.7. The molecule has 1 aromatic carbocycles. The zero-order valence-corrected chi connectivity index (χ0v) is 15.7. The van der Waals surface area contributed by atoms with E-state index in [0.29, 0.717) is 24.3 Å². The first kappa shape index (κ1) is 17.5. The Hall–Kier alpha value is -1.88. The summed E-state index contributed by atoms with van der Waals surface area (Å²) in [6.45, 7) is 5.02. The van der Waals surface area contributed by atoms with Crippen molar-refractivity contribution in [3.05, 3.63) is 35.4 Å². The van der Waals surface area contributed by atoms with E-state index in [1.54, 1.807) is 0 Å². The van der Waals surface area contributed by atoms with E-state index in [9.17, 15) is 9.59 Å². The number of esters is 1. The number of fused-ring (bicyclic) bond motifs is 1. The third-order valence-corrected chi connectivity index (χ3v) is 6.56. The van der Waals surface area contributed by atoms with Crippen LogP contribution in [0.5, 0.6) is 0 Å². The highest BCUT2D eigenvalue weighted by atomic mass is 16.5. The van der Waals surface area contributed by atoms with Crippen LogP contribution in [0.15, 0.2) is 24.3 Å². The number of nitrogens with zero attached hydrogens (tertiary/aromatic N) is 2. The second-order valence-electron chi connectivity index (χ2n) is 8.11. The Morgan fingerprint density at radius 3 is 2.58 bits per heavy atom. The van der Waals surface area contributed by atoms with E-state index in [0.717, 1.165) is 32.5 Å². The number of hydrogen-bond donors (Lipinski definition) is 0. The molecule has 4 rings (SSSR count). The van der Waals surface area contributed by atoms with Gasteiger partial charge in [-0.15, -0.1) is 0 Å². The van der Waals surface area contributed by atoms with Gasteiger partial charge in [-0.05, 0) is 36.8 Å². The van der Waals surface area contributed by atoms with E-state index in [1.807, 2.05) is 0 Å².